The molecule has 106 valence electrons. The Morgan fingerprint density at radius 1 is 1.37 bits per heavy atom. The summed E-state index contributed by atoms with van der Waals surface area (Å²) in [7, 11) is 0. The third kappa shape index (κ3) is 2.88. The van der Waals surface area contributed by atoms with Crippen molar-refractivity contribution in [2.24, 2.45) is 5.41 Å². The number of carbonyl (C=O) groups is 1. The Labute approximate surface area is 118 Å². The van der Waals surface area contributed by atoms with Gasteiger partial charge in [-0.25, -0.2) is 0 Å². The summed E-state index contributed by atoms with van der Waals surface area (Å²) in [5.74, 6) is 0.0328. The number of nitrogens with one attached hydrogen (secondary N) is 1. The van der Waals surface area contributed by atoms with Gasteiger partial charge in [0, 0.05) is 19.6 Å². The van der Waals surface area contributed by atoms with Crippen molar-refractivity contribution in [3.05, 3.63) is 5.01 Å². The van der Waals surface area contributed by atoms with E-state index in [4.69, 9.17) is 0 Å². The zero-order valence-electron chi connectivity index (χ0n) is 11.9. The van der Waals surface area contributed by atoms with Crippen molar-refractivity contribution in [3.63, 3.8) is 0 Å². The molecule has 0 aliphatic carbocycles. The SMILES string of the molecule is CCNc1nnc(C(=O)N2CCC(CC)(CC)C2)s1. The fraction of sp³-hybridized carbons (Fsp3) is 0.769. The molecule has 1 aromatic rings. The van der Waals surface area contributed by atoms with Crippen molar-refractivity contribution >= 4 is 22.4 Å². The van der Waals surface area contributed by atoms with Crippen molar-refractivity contribution in [2.45, 2.75) is 40.0 Å². The Morgan fingerprint density at radius 3 is 2.68 bits per heavy atom. The average molecular weight is 282 g/mol. The lowest BCUT2D eigenvalue weighted by atomic mass is 9.82. The number of anilines is 1. The first-order valence-corrected chi connectivity index (χ1v) is 7.82. The minimum Gasteiger partial charge on any atom is -0.360 e. The third-order valence-electron chi connectivity index (χ3n) is 4.16. The first-order chi connectivity index (χ1) is 9.14. The van der Waals surface area contributed by atoms with E-state index in [9.17, 15) is 4.79 Å². The van der Waals surface area contributed by atoms with Crippen LogP contribution < -0.4 is 5.32 Å². The zero-order chi connectivity index (χ0) is 13.9. The fourth-order valence-corrected chi connectivity index (χ4v) is 3.38. The molecule has 1 aliphatic rings. The Hall–Kier alpha value is -1.17. The second kappa shape index (κ2) is 5.86. The fourth-order valence-electron chi connectivity index (χ4n) is 2.60. The highest BCUT2D eigenvalue weighted by atomic mass is 32.1. The third-order valence-corrected chi connectivity index (χ3v) is 5.03. The van der Waals surface area contributed by atoms with Crippen LogP contribution in [0.25, 0.3) is 0 Å². The number of hydrogen-bond donors (Lipinski definition) is 1. The van der Waals surface area contributed by atoms with Crippen LogP contribution in [0.4, 0.5) is 5.13 Å². The van der Waals surface area contributed by atoms with Crippen molar-refractivity contribution in [1.82, 2.24) is 15.1 Å². The van der Waals surface area contributed by atoms with Crippen LogP contribution in [0, 0.1) is 5.41 Å². The van der Waals surface area contributed by atoms with Gasteiger partial charge in [-0.3, -0.25) is 4.79 Å². The van der Waals surface area contributed by atoms with Gasteiger partial charge in [-0.2, -0.15) is 0 Å². The molecule has 19 heavy (non-hydrogen) atoms. The van der Waals surface area contributed by atoms with Crippen molar-refractivity contribution in [1.29, 1.82) is 0 Å². The number of hydrogen-bond acceptors (Lipinski definition) is 5. The Kier molecular flexibility index (Phi) is 4.39. The van der Waals surface area contributed by atoms with Gasteiger partial charge in [0.05, 0.1) is 0 Å². The second-order valence-electron chi connectivity index (χ2n) is 5.13. The number of amides is 1. The molecule has 0 spiro atoms. The standard InChI is InChI=1S/C13H22N4OS/c1-4-13(5-2)7-8-17(9-13)11(18)10-15-16-12(19-10)14-6-3/h4-9H2,1-3H3,(H,14,16). The summed E-state index contributed by atoms with van der Waals surface area (Å²) in [5.41, 5.74) is 0.310. The molecule has 0 bridgehead atoms. The van der Waals surface area contributed by atoms with E-state index in [1.807, 2.05) is 11.8 Å². The van der Waals surface area contributed by atoms with Gasteiger partial charge in [-0.05, 0) is 31.6 Å². The molecule has 0 aromatic carbocycles. The van der Waals surface area contributed by atoms with Crippen LogP contribution >= 0.6 is 11.3 Å². The average Bonchev–Trinajstić information content (AvgIpc) is 3.05. The summed E-state index contributed by atoms with van der Waals surface area (Å²) < 4.78 is 0. The first-order valence-electron chi connectivity index (χ1n) is 7.00. The van der Waals surface area contributed by atoms with Gasteiger partial charge in [-0.1, -0.05) is 25.2 Å². The van der Waals surface area contributed by atoms with Gasteiger partial charge in [0.2, 0.25) is 10.1 Å². The van der Waals surface area contributed by atoms with E-state index >= 15 is 0 Å². The quantitative estimate of drug-likeness (QED) is 0.902. The number of carbonyl (C=O) groups excluding carboxylic acids is 1. The zero-order valence-corrected chi connectivity index (χ0v) is 12.7. The van der Waals surface area contributed by atoms with Crippen LogP contribution in [0.3, 0.4) is 0 Å². The molecule has 1 N–H and O–H groups in total. The summed E-state index contributed by atoms with van der Waals surface area (Å²) in [6.07, 6.45) is 3.36. The molecule has 0 atom stereocenters. The molecular formula is C13H22N4OS. The number of nitrogens with zero attached hydrogens (tertiary/aromatic N) is 3. The van der Waals surface area contributed by atoms with Crippen LogP contribution in [0.1, 0.15) is 49.8 Å². The van der Waals surface area contributed by atoms with Gasteiger partial charge >= 0.3 is 0 Å². The number of likely N-dealkylation sites (tertiary alicyclic amines) is 1. The minimum atomic E-state index is 0.0328. The van der Waals surface area contributed by atoms with Crippen LogP contribution in [-0.4, -0.2) is 40.6 Å². The summed E-state index contributed by atoms with van der Waals surface area (Å²) in [6.45, 7) is 8.92. The summed E-state index contributed by atoms with van der Waals surface area (Å²) in [6, 6.07) is 0. The van der Waals surface area contributed by atoms with Crippen molar-refractivity contribution in [3.8, 4) is 0 Å². The predicted molar refractivity (Wildman–Crippen MR) is 77.6 cm³/mol. The van der Waals surface area contributed by atoms with Gasteiger partial charge in [0.15, 0.2) is 0 Å². The molecule has 0 saturated carbocycles. The Morgan fingerprint density at radius 2 is 2.11 bits per heavy atom. The smallest absolute Gasteiger partial charge is 0.284 e. The Balaban J connectivity index is 2.04. The van der Waals surface area contributed by atoms with E-state index < -0.39 is 0 Å². The number of aromatic nitrogens is 2. The molecule has 2 rings (SSSR count). The monoisotopic (exact) mass is 282 g/mol. The topological polar surface area (TPSA) is 58.1 Å². The molecule has 1 fully saturated rings. The molecule has 6 heteroatoms. The molecule has 0 unspecified atom stereocenters. The van der Waals surface area contributed by atoms with E-state index in [0.717, 1.165) is 44.0 Å². The Bertz CT molecular complexity index is 442. The van der Waals surface area contributed by atoms with Crippen molar-refractivity contribution < 1.29 is 4.79 Å². The summed E-state index contributed by atoms with van der Waals surface area (Å²) in [5, 5.41) is 12.3. The highest BCUT2D eigenvalue weighted by molar-refractivity contribution is 7.17. The van der Waals surface area contributed by atoms with Crippen LogP contribution in [-0.2, 0) is 0 Å². The maximum absolute atomic E-state index is 12.4. The van der Waals surface area contributed by atoms with Crippen LogP contribution in [0.15, 0.2) is 0 Å². The maximum atomic E-state index is 12.4. The lowest BCUT2D eigenvalue weighted by Gasteiger charge is -2.25. The predicted octanol–water partition coefficient (Wildman–Crippen LogP) is 2.62. The second-order valence-corrected chi connectivity index (χ2v) is 6.10. The normalized spacial score (nSPS) is 17.7. The maximum Gasteiger partial charge on any atom is 0.284 e. The van der Waals surface area contributed by atoms with Gasteiger partial charge in [-0.15, -0.1) is 10.2 Å². The molecule has 1 amide bonds. The van der Waals surface area contributed by atoms with Crippen molar-refractivity contribution in [2.75, 3.05) is 25.0 Å². The summed E-state index contributed by atoms with van der Waals surface area (Å²) in [4.78, 5) is 14.3. The first kappa shape index (κ1) is 14.2. The van der Waals surface area contributed by atoms with E-state index in [-0.39, 0.29) is 5.91 Å². The van der Waals surface area contributed by atoms with Gasteiger partial charge in [0.1, 0.15) is 0 Å². The van der Waals surface area contributed by atoms with Gasteiger partial charge < -0.3 is 10.2 Å². The van der Waals surface area contributed by atoms with E-state index in [2.05, 4.69) is 29.4 Å². The number of rotatable bonds is 5. The summed E-state index contributed by atoms with van der Waals surface area (Å²) >= 11 is 1.34. The van der Waals surface area contributed by atoms with E-state index in [1.54, 1.807) is 0 Å². The molecular weight excluding hydrogens is 260 g/mol. The van der Waals surface area contributed by atoms with Crippen LogP contribution in [0.2, 0.25) is 0 Å². The molecule has 2 heterocycles. The largest absolute Gasteiger partial charge is 0.360 e. The molecule has 1 saturated heterocycles. The van der Waals surface area contributed by atoms with Crippen LogP contribution in [0.5, 0.6) is 0 Å². The van der Waals surface area contributed by atoms with E-state index in [1.165, 1.54) is 11.3 Å². The lowest BCUT2D eigenvalue weighted by Crippen LogP contribution is -2.31. The van der Waals surface area contributed by atoms with Gasteiger partial charge in [0.25, 0.3) is 5.91 Å². The molecule has 1 aliphatic heterocycles. The highest BCUT2D eigenvalue weighted by Gasteiger charge is 2.38. The molecule has 0 radical (unpaired) electrons. The lowest BCUT2D eigenvalue weighted by molar-refractivity contribution is 0.0768. The minimum absolute atomic E-state index is 0.0328. The highest BCUT2D eigenvalue weighted by Crippen LogP contribution is 2.37. The van der Waals surface area contributed by atoms with E-state index in [0.29, 0.717) is 10.4 Å². The molecule has 1 aromatic heterocycles. The molecule has 5 nitrogen and oxygen atoms in total.